The van der Waals surface area contributed by atoms with E-state index in [0.717, 1.165) is 31.5 Å². The molecular weight excluding hydrogens is 246 g/mol. The van der Waals surface area contributed by atoms with Crippen molar-refractivity contribution in [1.29, 1.82) is 0 Å². The van der Waals surface area contributed by atoms with E-state index in [1.54, 1.807) is 0 Å². The predicted octanol–water partition coefficient (Wildman–Crippen LogP) is 3.01. The number of hydrogen-bond donors (Lipinski definition) is 0. The van der Waals surface area contributed by atoms with Crippen LogP contribution in [0, 0.1) is 12.8 Å². The summed E-state index contributed by atoms with van der Waals surface area (Å²) < 4.78 is 0. The summed E-state index contributed by atoms with van der Waals surface area (Å²) >= 11 is 5.76. The molecule has 1 aromatic carbocycles. The molecule has 1 fully saturated rings. The molecule has 0 bridgehead atoms. The molecule has 98 valence electrons. The van der Waals surface area contributed by atoms with Gasteiger partial charge in [-0.2, -0.15) is 0 Å². The van der Waals surface area contributed by atoms with Gasteiger partial charge in [0.05, 0.1) is 6.42 Å². The fraction of sp³-hybridized carbons (Fsp3) is 0.533. The van der Waals surface area contributed by atoms with E-state index in [1.165, 1.54) is 5.56 Å². The molecule has 0 radical (unpaired) electrons. The number of halogens is 1. The zero-order chi connectivity index (χ0) is 13.0. The smallest absolute Gasteiger partial charge is 0.227 e. The molecule has 1 saturated heterocycles. The molecule has 1 aliphatic heterocycles. The number of nitrogens with zero attached hydrogens (tertiary/aromatic N) is 1. The van der Waals surface area contributed by atoms with Gasteiger partial charge >= 0.3 is 0 Å². The van der Waals surface area contributed by atoms with Crippen LogP contribution in [0.1, 0.15) is 24.0 Å². The van der Waals surface area contributed by atoms with Crippen LogP contribution >= 0.6 is 11.6 Å². The van der Waals surface area contributed by atoms with Crippen LogP contribution in [0.3, 0.4) is 0 Å². The van der Waals surface area contributed by atoms with Crippen LogP contribution in [0.5, 0.6) is 0 Å². The quantitative estimate of drug-likeness (QED) is 0.767. The maximum absolute atomic E-state index is 12.2. The van der Waals surface area contributed by atoms with Gasteiger partial charge in [-0.1, -0.05) is 24.3 Å². The summed E-state index contributed by atoms with van der Waals surface area (Å²) in [4.78, 5) is 14.2. The van der Waals surface area contributed by atoms with Crippen LogP contribution in [0.25, 0.3) is 0 Å². The van der Waals surface area contributed by atoms with Crippen molar-refractivity contribution in [3.8, 4) is 0 Å². The first kappa shape index (κ1) is 13.4. The molecule has 2 nitrogen and oxygen atoms in total. The summed E-state index contributed by atoms with van der Waals surface area (Å²) in [6, 6.07) is 8.11. The highest BCUT2D eigenvalue weighted by Gasteiger charge is 2.25. The van der Waals surface area contributed by atoms with Crippen LogP contribution in [0.2, 0.25) is 0 Å². The van der Waals surface area contributed by atoms with Gasteiger partial charge in [0, 0.05) is 19.0 Å². The molecule has 1 unspecified atom stereocenters. The Bertz CT molecular complexity index is 419. The average Bonchev–Trinajstić information content (AvgIpc) is 2.81. The van der Waals surface area contributed by atoms with Gasteiger partial charge in [0.25, 0.3) is 0 Å². The van der Waals surface area contributed by atoms with Gasteiger partial charge in [-0.3, -0.25) is 4.79 Å². The number of rotatable bonds is 4. The van der Waals surface area contributed by atoms with Crippen molar-refractivity contribution in [2.75, 3.05) is 19.0 Å². The summed E-state index contributed by atoms with van der Waals surface area (Å²) in [6.07, 6.45) is 2.65. The Labute approximate surface area is 114 Å². The lowest BCUT2D eigenvalue weighted by Gasteiger charge is -2.17. The first-order valence-corrected chi connectivity index (χ1v) is 7.12. The Hall–Kier alpha value is -1.02. The third-order valence-corrected chi connectivity index (χ3v) is 3.98. The van der Waals surface area contributed by atoms with E-state index in [0.29, 0.717) is 18.2 Å². The van der Waals surface area contributed by atoms with E-state index < -0.39 is 0 Å². The number of alkyl halides is 1. The zero-order valence-electron chi connectivity index (χ0n) is 10.9. The standard InChI is InChI=1S/C15H20ClNO/c1-12-4-2-3-5-14(12)10-15(18)17-9-7-13(11-17)6-8-16/h2-5,13H,6-11H2,1H3. The van der Waals surface area contributed by atoms with Gasteiger partial charge in [0.15, 0.2) is 0 Å². The molecule has 2 rings (SSSR count). The molecule has 18 heavy (non-hydrogen) atoms. The monoisotopic (exact) mass is 265 g/mol. The number of aryl methyl sites for hydroxylation is 1. The van der Waals surface area contributed by atoms with E-state index in [1.807, 2.05) is 23.1 Å². The number of hydrogen-bond acceptors (Lipinski definition) is 1. The topological polar surface area (TPSA) is 20.3 Å². The Morgan fingerprint density at radius 2 is 2.22 bits per heavy atom. The molecule has 1 heterocycles. The second-order valence-electron chi connectivity index (χ2n) is 5.08. The summed E-state index contributed by atoms with van der Waals surface area (Å²) in [5, 5.41) is 0. The predicted molar refractivity (Wildman–Crippen MR) is 74.9 cm³/mol. The highest BCUT2D eigenvalue weighted by Crippen LogP contribution is 2.21. The third-order valence-electron chi connectivity index (χ3n) is 3.76. The molecule has 1 aliphatic rings. The van der Waals surface area contributed by atoms with Gasteiger partial charge in [0.1, 0.15) is 0 Å². The molecule has 1 atom stereocenters. The fourth-order valence-corrected chi connectivity index (χ4v) is 2.84. The minimum atomic E-state index is 0.251. The highest BCUT2D eigenvalue weighted by molar-refractivity contribution is 6.17. The van der Waals surface area contributed by atoms with E-state index in [2.05, 4.69) is 13.0 Å². The van der Waals surface area contributed by atoms with Crippen molar-refractivity contribution >= 4 is 17.5 Å². The first-order valence-electron chi connectivity index (χ1n) is 6.59. The summed E-state index contributed by atoms with van der Waals surface area (Å²) in [6.45, 7) is 3.84. The minimum absolute atomic E-state index is 0.251. The van der Waals surface area contributed by atoms with Crippen molar-refractivity contribution in [2.45, 2.75) is 26.2 Å². The van der Waals surface area contributed by atoms with E-state index in [-0.39, 0.29) is 5.91 Å². The molecule has 1 amide bonds. The van der Waals surface area contributed by atoms with Gasteiger partial charge in [0.2, 0.25) is 5.91 Å². The lowest BCUT2D eigenvalue weighted by Crippen LogP contribution is -2.30. The molecule has 0 spiro atoms. The summed E-state index contributed by atoms with van der Waals surface area (Å²) in [5.74, 6) is 1.55. The average molecular weight is 266 g/mol. The maximum atomic E-state index is 12.2. The van der Waals surface area contributed by atoms with Gasteiger partial charge in [-0.25, -0.2) is 0 Å². The number of likely N-dealkylation sites (tertiary alicyclic amines) is 1. The van der Waals surface area contributed by atoms with Crippen LogP contribution < -0.4 is 0 Å². The minimum Gasteiger partial charge on any atom is -0.342 e. The lowest BCUT2D eigenvalue weighted by atomic mass is 10.1. The van der Waals surface area contributed by atoms with E-state index >= 15 is 0 Å². The van der Waals surface area contributed by atoms with Crippen LogP contribution in [-0.2, 0) is 11.2 Å². The van der Waals surface area contributed by atoms with E-state index in [9.17, 15) is 4.79 Å². The molecule has 0 N–H and O–H groups in total. The normalized spacial score (nSPS) is 19.2. The Balaban J connectivity index is 1.91. The Morgan fingerprint density at radius 3 is 2.94 bits per heavy atom. The van der Waals surface area contributed by atoms with Crippen LogP contribution in [0.15, 0.2) is 24.3 Å². The molecule has 3 heteroatoms. The SMILES string of the molecule is Cc1ccccc1CC(=O)N1CCC(CCCl)C1. The van der Waals surface area contributed by atoms with Crippen molar-refractivity contribution in [2.24, 2.45) is 5.92 Å². The first-order chi connectivity index (χ1) is 8.70. The molecule has 0 aromatic heterocycles. The largest absolute Gasteiger partial charge is 0.342 e. The van der Waals surface area contributed by atoms with Gasteiger partial charge < -0.3 is 4.90 Å². The van der Waals surface area contributed by atoms with Crippen molar-refractivity contribution in [1.82, 2.24) is 4.90 Å². The molecule has 0 saturated carbocycles. The number of carbonyl (C=O) groups excluding carboxylic acids is 1. The highest BCUT2D eigenvalue weighted by atomic mass is 35.5. The van der Waals surface area contributed by atoms with Crippen LogP contribution in [0.4, 0.5) is 0 Å². The second-order valence-corrected chi connectivity index (χ2v) is 5.45. The Kier molecular flexibility index (Phi) is 4.65. The van der Waals surface area contributed by atoms with Crippen LogP contribution in [-0.4, -0.2) is 29.8 Å². The van der Waals surface area contributed by atoms with Crippen molar-refractivity contribution in [3.63, 3.8) is 0 Å². The molecule has 1 aromatic rings. The number of carbonyl (C=O) groups is 1. The fourth-order valence-electron chi connectivity index (χ4n) is 2.53. The zero-order valence-corrected chi connectivity index (χ0v) is 11.6. The van der Waals surface area contributed by atoms with Crippen molar-refractivity contribution in [3.05, 3.63) is 35.4 Å². The second kappa shape index (κ2) is 6.24. The summed E-state index contributed by atoms with van der Waals surface area (Å²) in [5.41, 5.74) is 2.34. The summed E-state index contributed by atoms with van der Waals surface area (Å²) in [7, 11) is 0. The number of amides is 1. The molecular formula is C15H20ClNO. The lowest BCUT2D eigenvalue weighted by molar-refractivity contribution is -0.129. The third kappa shape index (κ3) is 3.26. The maximum Gasteiger partial charge on any atom is 0.227 e. The molecule has 0 aliphatic carbocycles. The van der Waals surface area contributed by atoms with E-state index in [4.69, 9.17) is 11.6 Å². The van der Waals surface area contributed by atoms with Gasteiger partial charge in [-0.05, 0) is 36.8 Å². The number of benzene rings is 1. The van der Waals surface area contributed by atoms with Crippen molar-refractivity contribution < 1.29 is 4.79 Å². The Morgan fingerprint density at radius 1 is 1.44 bits per heavy atom. The van der Waals surface area contributed by atoms with Gasteiger partial charge in [-0.15, -0.1) is 11.6 Å².